The van der Waals surface area contributed by atoms with Gasteiger partial charge in [0.2, 0.25) is 5.95 Å². The second-order valence-electron chi connectivity index (χ2n) is 6.16. The van der Waals surface area contributed by atoms with Crippen LogP contribution in [0.1, 0.15) is 12.5 Å². The van der Waals surface area contributed by atoms with Crippen LogP contribution in [-0.2, 0) is 10.9 Å². The molecule has 0 spiro atoms. The van der Waals surface area contributed by atoms with Crippen molar-refractivity contribution in [1.29, 1.82) is 0 Å². The normalized spacial score (nSPS) is 14.6. The van der Waals surface area contributed by atoms with E-state index in [4.69, 9.17) is 9.47 Å². The lowest BCUT2D eigenvalue weighted by Gasteiger charge is -2.29. The average Bonchev–Trinajstić information content (AvgIpc) is 2.69. The van der Waals surface area contributed by atoms with E-state index in [0.29, 0.717) is 50.5 Å². The number of halogens is 4. The summed E-state index contributed by atoms with van der Waals surface area (Å²) in [4.78, 5) is 9.39. The summed E-state index contributed by atoms with van der Waals surface area (Å²) >= 11 is 0. The Hall–Kier alpha value is -2.82. The third kappa shape index (κ3) is 4.78. The lowest BCUT2D eigenvalue weighted by atomic mass is 10.2. The topological polar surface area (TPSA) is 71.5 Å². The van der Waals surface area contributed by atoms with E-state index in [0.717, 1.165) is 0 Å². The molecule has 1 aliphatic rings. The molecule has 7 nitrogen and oxygen atoms in total. The number of hydrogen-bond acceptors (Lipinski definition) is 7. The third-order valence-electron chi connectivity index (χ3n) is 4.28. The number of morpholine rings is 1. The van der Waals surface area contributed by atoms with E-state index < -0.39 is 23.4 Å². The van der Waals surface area contributed by atoms with Crippen molar-refractivity contribution >= 4 is 23.1 Å². The minimum absolute atomic E-state index is 0.123. The molecule has 0 saturated carbocycles. The number of rotatable bonds is 6. The Morgan fingerprint density at radius 3 is 2.59 bits per heavy atom. The van der Waals surface area contributed by atoms with Gasteiger partial charge in [0.15, 0.2) is 0 Å². The smallest absolute Gasteiger partial charge is 0.421 e. The molecule has 1 aliphatic heterocycles. The lowest BCUT2D eigenvalue weighted by molar-refractivity contribution is -0.137. The van der Waals surface area contributed by atoms with Gasteiger partial charge in [0.1, 0.15) is 22.9 Å². The van der Waals surface area contributed by atoms with E-state index in [1.807, 2.05) is 4.90 Å². The fraction of sp³-hybridized carbons (Fsp3) is 0.444. The van der Waals surface area contributed by atoms with Crippen LogP contribution in [0.4, 0.5) is 40.7 Å². The Kier molecular flexibility index (Phi) is 6.26. The van der Waals surface area contributed by atoms with Gasteiger partial charge in [-0.25, -0.2) is 9.37 Å². The number of hydrogen-bond donors (Lipinski definition) is 2. The highest BCUT2D eigenvalue weighted by Gasteiger charge is 2.35. The first-order chi connectivity index (χ1) is 13.8. The van der Waals surface area contributed by atoms with Crippen LogP contribution in [0.3, 0.4) is 0 Å². The molecule has 0 unspecified atom stereocenters. The second kappa shape index (κ2) is 8.68. The van der Waals surface area contributed by atoms with Crippen molar-refractivity contribution in [3.63, 3.8) is 0 Å². The molecule has 2 N–H and O–H groups in total. The summed E-state index contributed by atoms with van der Waals surface area (Å²) in [7, 11) is 1.32. The van der Waals surface area contributed by atoms with Crippen LogP contribution < -0.4 is 20.3 Å². The zero-order valence-electron chi connectivity index (χ0n) is 15.9. The van der Waals surface area contributed by atoms with E-state index in [2.05, 4.69) is 20.6 Å². The maximum atomic E-state index is 14.7. The summed E-state index contributed by atoms with van der Waals surface area (Å²) in [5.74, 6) is -0.677. The van der Waals surface area contributed by atoms with Crippen molar-refractivity contribution in [2.75, 3.05) is 55.5 Å². The van der Waals surface area contributed by atoms with Gasteiger partial charge >= 0.3 is 6.18 Å². The molecule has 1 aromatic carbocycles. The SMILES string of the molecule is CCOc1cc(N2CCOCC2)c(F)cc1Nc1ncc(C(F)(F)F)c(NC)n1. The van der Waals surface area contributed by atoms with Gasteiger partial charge in [-0.3, -0.25) is 0 Å². The van der Waals surface area contributed by atoms with Gasteiger partial charge in [0.25, 0.3) is 0 Å². The predicted octanol–water partition coefficient (Wildman–Crippen LogP) is 3.66. The Balaban J connectivity index is 1.93. The molecule has 158 valence electrons. The number of alkyl halides is 3. The minimum Gasteiger partial charge on any atom is -0.492 e. The molecule has 11 heteroatoms. The van der Waals surface area contributed by atoms with Gasteiger partial charge in [-0.05, 0) is 6.92 Å². The minimum atomic E-state index is -4.60. The molecule has 0 amide bonds. The maximum absolute atomic E-state index is 14.7. The number of anilines is 4. The van der Waals surface area contributed by atoms with Gasteiger partial charge in [-0.15, -0.1) is 0 Å². The van der Waals surface area contributed by atoms with Crippen molar-refractivity contribution in [1.82, 2.24) is 9.97 Å². The molecule has 0 bridgehead atoms. The number of nitrogens with one attached hydrogen (secondary N) is 2. The Labute approximate surface area is 165 Å². The Morgan fingerprint density at radius 1 is 1.24 bits per heavy atom. The van der Waals surface area contributed by atoms with Crippen molar-refractivity contribution in [3.8, 4) is 5.75 Å². The van der Waals surface area contributed by atoms with Crippen LogP contribution in [0.25, 0.3) is 0 Å². The second-order valence-corrected chi connectivity index (χ2v) is 6.16. The van der Waals surface area contributed by atoms with E-state index >= 15 is 0 Å². The quantitative estimate of drug-likeness (QED) is 0.698. The standard InChI is InChI=1S/C18H21F4N5O2/c1-3-29-15-9-14(27-4-6-28-7-5-27)12(19)8-13(15)25-17-24-10-11(18(20,21)22)16(23-2)26-17/h8-10H,3-7H2,1-2H3,(H2,23,24,25,26). The summed E-state index contributed by atoms with van der Waals surface area (Å²) in [6, 6.07) is 2.77. The monoisotopic (exact) mass is 415 g/mol. The zero-order chi connectivity index (χ0) is 21.0. The highest BCUT2D eigenvalue weighted by molar-refractivity contribution is 5.69. The summed E-state index contributed by atoms with van der Waals surface area (Å²) in [6.07, 6.45) is -3.93. The Bertz CT molecular complexity index is 857. The van der Waals surface area contributed by atoms with Crippen LogP contribution in [0.5, 0.6) is 5.75 Å². The number of nitrogens with zero attached hydrogens (tertiary/aromatic N) is 3. The molecular weight excluding hydrogens is 394 g/mol. The van der Waals surface area contributed by atoms with Gasteiger partial charge in [0, 0.05) is 38.5 Å². The van der Waals surface area contributed by atoms with Crippen LogP contribution in [0.15, 0.2) is 18.3 Å². The lowest BCUT2D eigenvalue weighted by Crippen LogP contribution is -2.36. The molecule has 0 radical (unpaired) electrons. The van der Waals surface area contributed by atoms with Crippen molar-refractivity contribution < 1.29 is 27.0 Å². The molecule has 1 aromatic heterocycles. The fourth-order valence-corrected chi connectivity index (χ4v) is 2.92. The fourth-order valence-electron chi connectivity index (χ4n) is 2.92. The first-order valence-electron chi connectivity index (χ1n) is 9.01. The van der Waals surface area contributed by atoms with Gasteiger partial charge in [0.05, 0.1) is 31.2 Å². The maximum Gasteiger partial charge on any atom is 0.421 e. The van der Waals surface area contributed by atoms with Crippen molar-refractivity contribution in [3.05, 3.63) is 29.7 Å². The number of ether oxygens (including phenoxy) is 2. The van der Waals surface area contributed by atoms with Gasteiger partial charge in [-0.1, -0.05) is 0 Å². The molecule has 1 fully saturated rings. The average molecular weight is 415 g/mol. The van der Waals surface area contributed by atoms with Crippen LogP contribution in [-0.4, -0.2) is 49.9 Å². The van der Waals surface area contributed by atoms with Crippen molar-refractivity contribution in [2.45, 2.75) is 13.1 Å². The Morgan fingerprint density at radius 2 is 1.97 bits per heavy atom. The molecule has 0 aliphatic carbocycles. The molecule has 1 saturated heterocycles. The summed E-state index contributed by atoms with van der Waals surface area (Å²) < 4.78 is 64.6. The molecule has 3 rings (SSSR count). The summed E-state index contributed by atoms with van der Waals surface area (Å²) in [5, 5.41) is 5.14. The molecule has 2 aromatic rings. The van der Waals surface area contributed by atoms with Gasteiger partial charge in [-0.2, -0.15) is 18.2 Å². The number of aromatic nitrogens is 2. The number of benzene rings is 1. The van der Waals surface area contributed by atoms with Crippen LogP contribution in [0, 0.1) is 5.82 Å². The highest BCUT2D eigenvalue weighted by atomic mass is 19.4. The summed E-state index contributed by atoms with van der Waals surface area (Å²) in [5.41, 5.74) is -0.417. The molecule has 0 atom stereocenters. The largest absolute Gasteiger partial charge is 0.492 e. The summed E-state index contributed by atoms with van der Waals surface area (Å²) in [6.45, 7) is 4.17. The highest BCUT2D eigenvalue weighted by Crippen LogP contribution is 2.36. The van der Waals surface area contributed by atoms with Crippen LogP contribution >= 0.6 is 0 Å². The van der Waals surface area contributed by atoms with E-state index in [1.165, 1.54) is 13.1 Å². The van der Waals surface area contributed by atoms with E-state index in [1.54, 1.807) is 13.0 Å². The molecule has 29 heavy (non-hydrogen) atoms. The van der Waals surface area contributed by atoms with E-state index in [9.17, 15) is 17.6 Å². The first-order valence-corrected chi connectivity index (χ1v) is 9.01. The van der Waals surface area contributed by atoms with Crippen molar-refractivity contribution in [2.24, 2.45) is 0 Å². The van der Waals surface area contributed by atoms with E-state index in [-0.39, 0.29) is 11.6 Å². The molecular formula is C18H21F4N5O2. The third-order valence-corrected chi connectivity index (χ3v) is 4.28. The molecule has 2 heterocycles. The first kappa shape index (κ1) is 20.9. The van der Waals surface area contributed by atoms with Gasteiger partial charge < -0.3 is 25.0 Å². The predicted molar refractivity (Wildman–Crippen MR) is 100 cm³/mol. The zero-order valence-corrected chi connectivity index (χ0v) is 15.9. The van der Waals surface area contributed by atoms with Crippen LogP contribution in [0.2, 0.25) is 0 Å².